The summed E-state index contributed by atoms with van der Waals surface area (Å²) in [5.41, 5.74) is 0. The molecule has 1 aliphatic carbocycles. The molecule has 3 nitrogen and oxygen atoms in total. The van der Waals surface area contributed by atoms with Gasteiger partial charge in [0.2, 0.25) is 10.0 Å². The topological polar surface area (TPSA) is 37.4 Å². The molecule has 2 rings (SSSR count). The van der Waals surface area contributed by atoms with Crippen molar-refractivity contribution in [1.82, 2.24) is 4.31 Å². The number of alkyl halides is 4. The van der Waals surface area contributed by atoms with E-state index in [1.54, 1.807) is 0 Å². The van der Waals surface area contributed by atoms with Gasteiger partial charge in [0.15, 0.2) is 0 Å². The Morgan fingerprint density at radius 1 is 1.42 bits per heavy atom. The molecular formula is C10H11ClF3NO2S2. The minimum atomic E-state index is -4.54. The Morgan fingerprint density at radius 3 is 2.47 bits per heavy atom. The van der Waals surface area contributed by atoms with Crippen LogP contribution in [0, 0.1) is 0 Å². The number of hydrogen-bond acceptors (Lipinski definition) is 3. The van der Waals surface area contributed by atoms with E-state index in [1.165, 1.54) is 11.4 Å². The Kier molecular flexibility index (Phi) is 4.15. The summed E-state index contributed by atoms with van der Waals surface area (Å²) in [6.07, 6.45) is -3.59. The standard InChI is InChI=1S/C10H11ClF3NO2S2/c11-4-8-3-9(5-18-8)19(16,17)15(7-1-2-7)6-10(12,13)14/h3,5,7H,1-2,4,6H2. The first-order valence-electron chi connectivity index (χ1n) is 5.46. The lowest BCUT2D eigenvalue weighted by atomic mass is 10.5. The molecule has 0 atom stereocenters. The van der Waals surface area contributed by atoms with Crippen LogP contribution in [0.4, 0.5) is 13.2 Å². The number of thiophene rings is 1. The van der Waals surface area contributed by atoms with Gasteiger partial charge in [-0.1, -0.05) is 0 Å². The second-order valence-electron chi connectivity index (χ2n) is 4.28. The molecule has 19 heavy (non-hydrogen) atoms. The molecule has 0 bridgehead atoms. The van der Waals surface area contributed by atoms with E-state index in [4.69, 9.17) is 11.6 Å². The Bertz CT molecular complexity index is 551. The maximum Gasteiger partial charge on any atom is 0.402 e. The first kappa shape index (κ1) is 15.1. The Hall–Kier alpha value is -0.310. The molecule has 0 aliphatic heterocycles. The van der Waals surface area contributed by atoms with Crippen LogP contribution in [0.2, 0.25) is 0 Å². The van der Waals surface area contributed by atoms with E-state index in [2.05, 4.69) is 0 Å². The lowest BCUT2D eigenvalue weighted by molar-refractivity contribution is -0.137. The van der Waals surface area contributed by atoms with Crippen molar-refractivity contribution < 1.29 is 21.6 Å². The van der Waals surface area contributed by atoms with Gasteiger partial charge < -0.3 is 0 Å². The predicted molar refractivity (Wildman–Crippen MR) is 66.8 cm³/mol. The molecule has 1 aromatic heterocycles. The average molecular weight is 334 g/mol. The minimum absolute atomic E-state index is 0.107. The van der Waals surface area contributed by atoms with E-state index in [0.29, 0.717) is 22.0 Å². The lowest BCUT2D eigenvalue weighted by Crippen LogP contribution is -2.40. The quantitative estimate of drug-likeness (QED) is 0.776. The molecule has 1 heterocycles. The van der Waals surface area contributed by atoms with Gasteiger partial charge in [0, 0.05) is 16.3 Å². The van der Waals surface area contributed by atoms with Crippen LogP contribution < -0.4 is 0 Å². The first-order valence-corrected chi connectivity index (χ1v) is 8.31. The molecule has 0 spiro atoms. The molecule has 1 aliphatic rings. The van der Waals surface area contributed by atoms with E-state index in [0.717, 1.165) is 11.3 Å². The van der Waals surface area contributed by atoms with Gasteiger partial charge in [-0.15, -0.1) is 22.9 Å². The Labute approximate surface area is 118 Å². The normalized spacial score (nSPS) is 17.1. The highest BCUT2D eigenvalue weighted by Crippen LogP contribution is 2.35. The Morgan fingerprint density at radius 2 is 2.05 bits per heavy atom. The summed E-state index contributed by atoms with van der Waals surface area (Å²) >= 11 is 6.70. The van der Waals surface area contributed by atoms with Gasteiger partial charge in [0.05, 0.1) is 10.8 Å². The van der Waals surface area contributed by atoms with E-state index >= 15 is 0 Å². The molecular weight excluding hydrogens is 323 g/mol. The van der Waals surface area contributed by atoms with Crippen molar-refractivity contribution in [2.24, 2.45) is 0 Å². The molecule has 0 saturated heterocycles. The van der Waals surface area contributed by atoms with Gasteiger partial charge in [-0.25, -0.2) is 8.42 Å². The van der Waals surface area contributed by atoms with Gasteiger partial charge in [-0.3, -0.25) is 0 Å². The van der Waals surface area contributed by atoms with Gasteiger partial charge in [0.1, 0.15) is 6.54 Å². The molecule has 0 N–H and O–H groups in total. The molecule has 0 unspecified atom stereocenters. The fourth-order valence-electron chi connectivity index (χ4n) is 1.65. The number of sulfonamides is 1. The highest BCUT2D eigenvalue weighted by atomic mass is 35.5. The monoisotopic (exact) mass is 333 g/mol. The maximum atomic E-state index is 12.5. The third kappa shape index (κ3) is 3.62. The second-order valence-corrected chi connectivity index (χ2v) is 7.43. The van der Waals surface area contributed by atoms with Crippen molar-refractivity contribution in [1.29, 1.82) is 0 Å². The SMILES string of the molecule is O=S(=O)(c1csc(CCl)c1)N(CC(F)(F)F)C1CC1. The summed E-state index contributed by atoms with van der Waals surface area (Å²) in [4.78, 5) is 0.507. The highest BCUT2D eigenvalue weighted by molar-refractivity contribution is 7.89. The van der Waals surface area contributed by atoms with Crippen LogP contribution in [0.15, 0.2) is 16.3 Å². The summed E-state index contributed by atoms with van der Waals surface area (Å²) in [6.45, 7) is -1.44. The van der Waals surface area contributed by atoms with Crippen LogP contribution in [0.3, 0.4) is 0 Å². The molecule has 0 amide bonds. The molecule has 1 fully saturated rings. The van der Waals surface area contributed by atoms with Crippen molar-refractivity contribution in [2.45, 2.75) is 35.8 Å². The van der Waals surface area contributed by atoms with Crippen LogP contribution in [-0.4, -0.2) is 31.5 Å². The van der Waals surface area contributed by atoms with Gasteiger partial charge >= 0.3 is 6.18 Å². The zero-order valence-electron chi connectivity index (χ0n) is 9.65. The molecule has 0 radical (unpaired) electrons. The zero-order valence-corrected chi connectivity index (χ0v) is 12.0. The summed E-state index contributed by atoms with van der Waals surface area (Å²) in [6, 6.07) is 0.796. The third-order valence-corrected chi connectivity index (χ3v) is 6.07. The van der Waals surface area contributed by atoms with Crippen LogP contribution in [0.1, 0.15) is 17.7 Å². The highest BCUT2D eigenvalue weighted by Gasteiger charge is 2.44. The maximum absolute atomic E-state index is 12.5. The van der Waals surface area contributed by atoms with Crippen molar-refractivity contribution in [3.8, 4) is 0 Å². The van der Waals surface area contributed by atoms with Crippen molar-refractivity contribution >= 4 is 33.0 Å². The number of rotatable bonds is 5. The van der Waals surface area contributed by atoms with Crippen LogP contribution in [0.5, 0.6) is 0 Å². The van der Waals surface area contributed by atoms with E-state index in [-0.39, 0.29) is 10.8 Å². The molecule has 9 heteroatoms. The number of nitrogens with zero attached hydrogens (tertiary/aromatic N) is 1. The summed E-state index contributed by atoms with van der Waals surface area (Å²) in [5, 5.41) is 1.33. The van der Waals surface area contributed by atoms with Crippen molar-refractivity contribution in [3.05, 3.63) is 16.3 Å². The molecule has 108 valence electrons. The van der Waals surface area contributed by atoms with E-state index < -0.39 is 28.8 Å². The van der Waals surface area contributed by atoms with Crippen LogP contribution in [0.25, 0.3) is 0 Å². The largest absolute Gasteiger partial charge is 0.402 e. The average Bonchev–Trinajstić information content (AvgIpc) is 3.00. The zero-order chi connectivity index (χ0) is 14.3. The van der Waals surface area contributed by atoms with Gasteiger partial charge in [-0.05, 0) is 18.9 Å². The molecule has 1 aromatic rings. The smallest absolute Gasteiger partial charge is 0.207 e. The molecule has 0 aromatic carbocycles. The van der Waals surface area contributed by atoms with Gasteiger partial charge in [0.25, 0.3) is 0 Å². The molecule has 1 saturated carbocycles. The lowest BCUT2D eigenvalue weighted by Gasteiger charge is -2.22. The van der Waals surface area contributed by atoms with E-state index in [9.17, 15) is 21.6 Å². The third-order valence-electron chi connectivity index (χ3n) is 2.66. The van der Waals surface area contributed by atoms with Crippen LogP contribution in [-0.2, 0) is 15.9 Å². The van der Waals surface area contributed by atoms with Gasteiger partial charge in [-0.2, -0.15) is 17.5 Å². The summed E-state index contributed by atoms with van der Waals surface area (Å²) < 4.78 is 62.4. The minimum Gasteiger partial charge on any atom is -0.207 e. The van der Waals surface area contributed by atoms with Crippen LogP contribution >= 0.6 is 22.9 Å². The van der Waals surface area contributed by atoms with E-state index in [1.807, 2.05) is 0 Å². The number of halogens is 4. The van der Waals surface area contributed by atoms with Crippen molar-refractivity contribution in [2.75, 3.05) is 6.54 Å². The summed E-state index contributed by atoms with van der Waals surface area (Å²) in [7, 11) is -4.10. The second kappa shape index (κ2) is 5.23. The fraction of sp³-hybridized carbons (Fsp3) is 0.600. The summed E-state index contributed by atoms with van der Waals surface area (Å²) in [5.74, 6) is 0.142. The predicted octanol–water partition coefficient (Wildman–Crippen LogP) is 3.20. The fourth-order valence-corrected chi connectivity index (χ4v) is 4.70. The van der Waals surface area contributed by atoms with Crippen molar-refractivity contribution in [3.63, 3.8) is 0 Å². The Balaban J connectivity index is 2.29. The first-order chi connectivity index (χ1) is 8.74. The number of hydrogen-bond donors (Lipinski definition) is 0.